The molecule has 0 saturated carbocycles. The molecule has 2 amide bonds. The van der Waals surface area contributed by atoms with E-state index in [0.717, 1.165) is 18.0 Å². The van der Waals surface area contributed by atoms with Crippen LogP contribution in [0.5, 0.6) is 5.75 Å². The van der Waals surface area contributed by atoms with Crippen LogP contribution in [0, 0.1) is 0 Å². The van der Waals surface area contributed by atoms with E-state index >= 15 is 0 Å². The van der Waals surface area contributed by atoms with E-state index in [1.165, 1.54) is 11.1 Å². The SMILES string of the molecule is CC(C)Oc1cnc(-c2nsc(Nc3ncccc3N3CCCC3=O)n2)cc1C(=O)N(C)C. The average Bonchev–Trinajstić information content (AvgIpc) is 3.42. The number of hydrogen-bond acceptors (Lipinski definition) is 9. The minimum Gasteiger partial charge on any atom is -0.489 e. The summed E-state index contributed by atoms with van der Waals surface area (Å²) in [5.41, 5.74) is 1.56. The van der Waals surface area contributed by atoms with Gasteiger partial charge in [0.1, 0.15) is 5.69 Å². The summed E-state index contributed by atoms with van der Waals surface area (Å²) in [5, 5.41) is 3.67. The van der Waals surface area contributed by atoms with Crippen molar-refractivity contribution in [3.05, 3.63) is 36.2 Å². The van der Waals surface area contributed by atoms with Gasteiger partial charge in [0.2, 0.25) is 11.0 Å². The Hall–Kier alpha value is -3.60. The molecule has 4 heterocycles. The Bertz CT molecular complexity index is 1180. The topological polar surface area (TPSA) is 113 Å². The predicted octanol–water partition coefficient (Wildman–Crippen LogP) is 3.35. The zero-order valence-electron chi connectivity index (χ0n) is 18.9. The largest absolute Gasteiger partial charge is 0.489 e. The highest BCUT2D eigenvalue weighted by Crippen LogP contribution is 2.32. The summed E-state index contributed by atoms with van der Waals surface area (Å²) < 4.78 is 10.2. The van der Waals surface area contributed by atoms with E-state index in [4.69, 9.17) is 4.74 Å². The lowest BCUT2D eigenvalue weighted by Gasteiger charge is -2.18. The Morgan fingerprint density at radius 3 is 2.82 bits per heavy atom. The van der Waals surface area contributed by atoms with Crippen LogP contribution in [-0.4, -0.2) is 62.8 Å². The maximum Gasteiger partial charge on any atom is 0.257 e. The number of pyridine rings is 2. The highest BCUT2D eigenvalue weighted by atomic mass is 32.1. The molecule has 1 aliphatic rings. The third-order valence-corrected chi connectivity index (χ3v) is 5.53. The number of anilines is 3. The van der Waals surface area contributed by atoms with Gasteiger partial charge < -0.3 is 19.9 Å². The minimum absolute atomic E-state index is 0.0787. The molecule has 1 fully saturated rings. The Balaban J connectivity index is 1.61. The normalized spacial score (nSPS) is 13.5. The smallest absolute Gasteiger partial charge is 0.257 e. The summed E-state index contributed by atoms with van der Waals surface area (Å²) in [6.45, 7) is 4.44. The van der Waals surface area contributed by atoms with Gasteiger partial charge in [0.25, 0.3) is 5.91 Å². The van der Waals surface area contributed by atoms with Gasteiger partial charge in [0, 0.05) is 44.8 Å². The van der Waals surface area contributed by atoms with Crippen LogP contribution in [0.25, 0.3) is 11.5 Å². The number of carbonyl (C=O) groups is 2. The number of nitrogens with one attached hydrogen (secondary N) is 1. The molecule has 1 N–H and O–H groups in total. The van der Waals surface area contributed by atoms with E-state index in [0.29, 0.717) is 52.4 Å². The van der Waals surface area contributed by atoms with E-state index in [1.807, 2.05) is 19.9 Å². The summed E-state index contributed by atoms with van der Waals surface area (Å²) in [6, 6.07) is 5.29. The lowest BCUT2D eigenvalue weighted by molar-refractivity contribution is -0.117. The summed E-state index contributed by atoms with van der Waals surface area (Å²) >= 11 is 1.14. The molecule has 0 radical (unpaired) electrons. The van der Waals surface area contributed by atoms with Gasteiger partial charge in [0.15, 0.2) is 17.4 Å². The number of nitrogens with zero attached hydrogens (tertiary/aromatic N) is 6. The molecule has 172 valence electrons. The lowest BCUT2D eigenvalue weighted by atomic mass is 10.1. The molecule has 1 saturated heterocycles. The third-order valence-electron chi connectivity index (χ3n) is 4.90. The van der Waals surface area contributed by atoms with Gasteiger partial charge in [-0.25, -0.2) is 9.97 Å². The van der Waals surface area contributed by atoms with Crippen LogP contribution in [-0.2, 0) is 4.79 Å². The quantitative estimate of drug-likeness (QED) is 0.563. The fourth-order valence-electron chi connectivity index (χ4n) is 3.41. The summed E-state index contributed by atoms with van der Waals surface area (Å²) in [4.78, 5) is 41.4. The van der Waals surface area contributed by atoms with Crippen molar-refractivity contribution in [3.63, 3.8) is 0 Å². The maximum atomic E-state index is 12.7. The second-order valence-electron chi connectivity index (χ2n) is 8.00. The lowest BCUT2D eigenvalue weighted by Crippen LogP contribution is -2.24. The van der Waals surface area contributed by atoms with Crippen molar-refractivity contribution in [2.24, 2.45) is 0 Å². The van der Waals surface area contributed by atoms with Crippen molar-refractivity contribution in [1.29, 1.82) is 0 Å². The molecular weight excluding hydrogens is 442 g/mol. The zero-order chi connectivity index (χ0) is 23.5. The van der Waals surface area contributed by atoms with Crippen molar-refractivity contribution in [2.75, 3.05) is 30.9 Å². The molecule has 3 aromatic heterocycles. The Kier molecular flexibility index (Phi) is 6.50. The fraction of sp³-hybridized carbons (Fsp3) is 0.364. The molecule has 0 atom stereocenters. The number of carbonyl (C=O) groups excluding carboxylic acids is 2. The van der Waals surface area contributed by atoms with Crippen LogP contribution < -0.4 is 15.0 Å². The Morgan fingerprint density at radius 2 is 2.12 bits per heavy atom. The van der Waals surface area contributed by atoms with Crippen LogP contribution in [0.1, 0.15) is 37.0 Å². The predicted molar refractivity (Wildman–Crippen MR) is 126 cm³/mol. The van der Waals surface area contributed by atoms with E-state index in [9.17, 15) is 9.59 Å². The Morgan fingerprint density at radius 1 is 1.30 bits per heavy atom. The second kappa shape index (κ2) is 9.49. The van der Waals surface area contributed by atoms with Gasteiger partial charge in [-0.1, -0.05) is 0 Å². The number of ether oxygens (including phenoxy) is 1. The van der Waals surface area contributed by atoms with Crippen molar-refractivity contribution in [1.82, 2.24) is 24.2 Å². The van der Waals surface area contributed by atoms with Gasteiger partial charge in [0.05, 0.1) is 23.6 Å². The van der Waals surface area contributed by atoms with E-state index in [1.54, 1.807) is 37.3 Å². The van der Waals surface area contributed by atoms with Crippen LogP contribution >= 0.6 is 11.5 Å². The molecule has 4 rings (SSSR count). The summed E-state index contributed by atoms with van der Waals surface area (Å²) in [5.74, 6) is 1.20. The van der Waals surface area contributed by atoms with Gasteiger partial charge in [-0.15, -0.1) is 0 Å². The number of aromatic nitrogens is 4. The van der Waals surface area contributed by atoms with Crippen LogP contribution in [0.15, 0.2) is 30.6 Å². The first-order valence-corrected chi connectivity index (χ1v) is 11.4. The van der Waals surface area contributed by atoms with Crippen molar-refractivity contribution >= 4 is 40.0 Å². The number of amides is 2. The first-order valence-electron chi connectivity index (χ1n) is 10.6. The average molecular weight is 468 g/mol. The van der Waals surface area contributed by atoms with E-state index < -0.39 is 0 Å². The highest BCUT2D eigenvalue weighted by Gasteiger charge is 2.25. The molecule has 1 aliphatic heterocycles. The molecule has 0 bridgehead atoms. The van der Waals surface area contributed by atoms with Gasteiger partial charge in [-0.3, -0.25) is 9.59 Å². The molecule has 10 nitrogen and oxygen atoms in total. The van der Waals surface area contributed by atoms with Gasteiger partial charge >= 0.3 is 0 Å². The summed E-state index contributed by atoms with van der Waals surface area (Å²) in [7, 11) is 3.36. The summed E-state index contributed by atoms with van der Waals surface area (Å²) in [6.07, 6.45) is 4.44. The van der Waals surface area contributed by atoms with Crippen molar-refractivity contribution < 1.29 is 14.3 Å². The molecule has 11 heteroatoms. The first-order chi connectivity index (χ1) is 15.8. The van der Waals surface area contributed by atoms with Crippen LogP contribution in [0.2, 0.25) is 0 Å². The number of hydrogen-bond donors (Lipinski definition) is 1. The standard InChI is InChI=1S/C22H25N7O3S/c1-13(2)32-17-12-24-15(11-14(17)21(31)28(3)4)19-25-22(33-27-19)26-20-16(7-5-9-23-20)29-10-6-8-18(29)30/h5,7,9,11-13H,6,8,10H2,1-4H3,(H,23,25,26,27). The maximum absolute atomic E-state index is 12.7. The third kappa shape index (κ3) is 4.92. The monoisotopic (exact) mass is 467 g/mol. The van der Waals surface area contributed by atoms with Crippen LogP contribution in [0.4, 0.5) is 16.6 Å². The molecule has 0 aromatic carbocycles. The van der Waals surface area contributed by atoms with E-state index in [2.05, 4.69) is 24.6 Å². The minimum atomic E-state index is -0.198. The van der Waals surface area contributed by atoms with Crippen molar-refractivity contribution in [3.8, 4) is 17.3 Å². The van der Waals surface area contributed by atoms with Gasteiger partial charge in [-0.05, 0) is 38.5 Å². The second-order valence-corrected chi connectivity index (χ2v) is 8.75. The number of rotatable bonds is 7. The molecule has 0 unspecified atom stereocenters. The molecule has 0 spiro atoms. The highest BCUT2D eigenvalue weighted by molar-refractivity contribution is 7.09. The van der Waals surface area contributed by atoms with Gasteiger partial charge in [-0.2, -0.15) is 9.36 Å². The zero-order valence-corrected chi connectivity index (χ0v) is 19.7. The van der Waals surface area contributed by atoms with E-state index in [-0.39, 0.29) is 17.9 Å². The molecular formula is C22H25N7O3S. The first kappa shape index (κ1) is 22.6. The van der Waals surface area contributed by atoms with Crippen molar-refractivity contribution in [2.45, 2.75) is 32.8 Å². The fourth-order valence-corrected chi connectivity index (χ4v) is 3.99. The van der Waals surface area contributed by atoms with Crippen LogP contribution in [0.3, 0.4) is 0 Å². The molecule has 33 heavy (non-hydrogen) atoms. The molecule has 0 aliphatic carbocycles. The molecule has 3 aromatic rings. The Labute approximate surface area is 195 Å².